The fourth-order valence-electron chi connectivity index (χ4n) is 3.44. The third-order valence-electron chi connectivity index (χ3n) is 4.62. The first-order valence-electron chi connectivity index (χ1n) is 8.51. The number of hydrogen-bond acceptors (Lipinski definition) is 5. The van der Waals surface area contributed by atoms with Gasteiger partial charge in [-0.3, -0.25) is 9.59 Å². The number of pyridine rings is 1. The normalized spacial score (nSPS) is 23.2. The Morgan fingerprint density at radius 1 is 1.29 bits per heavy atom. The summed E-state index contributed by atoms with van der Waals surface area (Å²) in [5, 5.41) is 8.75. The van der Waals surface area contributed by atoms with Gasteiger partial charge in [0.25, 0.3) is 5.91 Å². The molecule has 0 saturated heterocycles. The van der Waals surface area contributed by atoms with Gasteiger partial charge in [0, 0.05) is 12.6 Å². The molecule has 2 amide bonds. The molecule has 1 saturated carbocycles. The zero-order valence-corrected chi connectivity index (χ0v) is 14.3. The van der Waals surface area contributed by atoms with Crippen molar-refractivity contribution in [3.05, 3.63) is 17.8 Å². The molecule has 2 aliphatic rings. The van der Waals surface area contributed by atoms with E-state index in [-0.39, 0.29) is 24.4 Å². The van der Waals surface area contributed by atoms with Gasteiger partial charge >= 0.3 is 0 Å². The van der Waals surface area contributed by atoms with E-state index >= 15 is 0 Å². The molecule has 1 aliphatic heterocycles. The number of hydrogen-bond donors (Lipinski definition) is 3. The van der Waals surface area contributed by atoms with Gasteiger partial charge in [-0.1, -0.05) is 0 Å². The Morgan fingerprint density at radius 2 is 2.04 bits per heavy atom. The summed E-state index contributed by atoms with van der Waals surface area (Å²) < 4.78 is 0. The minimum absolute atomic E-state index is 0.101. The fourth-order valence-corrected chi connectivity index (χ4v) is 3.44. The molecule has 0 radical (unpaired) electrons. The molecular formula is C17H25N5O2. The Labute approximate surface area is 142 Å². The van der Waals surface area contributed by atoms with Crippen LogP contribution in [0.5, 0.6) is 0 Å². The van der Waals surface area contributed by atoms with E-state index in [1.165, 1.54) is 0 Å². The lowest BCUT2D eigenvalue weighted by atomic mass is 9.85. The number of carbonyl (C=O) groups excluding carboxylic acids is 2. The minimum Gasteiger partial charge on any atom is -0.359 e. The van der Waals surface area contributed by atoms with Crippen LogP contribution in [-0.2, 0) is 4.79 Å². The highest BCUT2D eigenvalue weighted by Crippen LogP contribution is 2.25. The van der Waals surface area contributed by atoms with E-state index in [0.29, 0.717) is 17.2 Å². The van der Waals surface area contributed by atoms with Gasteiger partial charge in [-0.2, -0.15) is 0 Å². The number of nitrogens with zero attached hydrogens (tertiary/aromatic N) is 2. The van der Waals surface area contributed by atoms with E-state index in [1.54, 1.807) is 12.1 Å². The lowest BCUT2D eigenvalue weighted by Gasteiger charge is -2.30. The molecule has 7 heteroatoms. The summed E-state index contributed by atoms with van der Waals surface area (Å²) in [4.78, 5) is 30.3. The van der Waals surface area contributed by atoms with Gasteiger partial charge in [-0.15, -0.1) is 0 Å². The molecule has 0 atom stereocenters. The number of aromatic nitrogens is 1. The number of fused-ring (bicyclic) bond motifs is 1. The topological polar surface area (TPSA) is 86.4 Å². The summed E-state index contributed by atoms with van der Waals surface area (Å²) >= 11 is 0. The standard InChI is InChI=1S/C17H25N5O2/c1-22(2)10-11-3-5-12(6-4-11)19-17(24)14-8-7-13-16(21-14)18-9-15(23)20-13/h7-8,11-12H,3-6,9-10H2,1-2H3,(H,18,21)(H,19,24)(H,20,23). The van der Waals surface area contributed by atoms with Crippen molar-refractivity contribution in [1.29, 1.82) is 0 Å². The Bertz CT molecular complexity index is 623. The van der Waals surface area contributed by atoms with Crippen molar-refractivity contribution in [3.63, 3.8) is 0 Å². The minimum atomic E-state index is -0.146. The second-order valence-electron chi connectivity index (χ2n) is 6.95. The highest BCUT2D eigenvalue weighted by molar-refractivity contribution is 6.01. The maximum atomic E-state index is 12.4. The number of rotatable bonds is 4. The summed E-state index contributed by atoms with van der Waals surface area (Å²) in [6, 6.07) is 3.59. The highest BCUT2D eigenvalue weighted by atomic mass is 16.2. The quantitative estimate of drug-likeness (QED) is 0.774. The van der Waals surface area contributed by atoms with Crippen LogP contribution in [0.2, 0.25) is 0 Å². The number of nitrogens with one attached hydrogen (secondary N) is 3. The summed E-state index contributed by atoms with van der Waals surface area (Å²) in [6.45, 7) is 1.30. The highest BCUT2D eigenvalue weighted by Gasteiger charge is 2.24. The van der Waals surface area contributed by atoms with Gasteiger partial charge in [0.05, 0.1) is 12.2 Å². The van der Waals surface area contributed by atoms with E-state index < -0.39 is 0 Å². The average molecular weight is 331 g/mol. The molecule has 130 valence electrons. The predicted octanol–water partition coefficient (Wildman–Crippen LogP) is 1.30. The molecule has 1 aliphatic carbocycles. The molecule has 0 aromatic carbocycles. The van der Waals surface area contributed by atoms with Crippen LogP contribution in [0.4, 0.5) is 11.5 Å². The number of carbonyl (C=O) groups is 2. The molecule has 1 aromatic heterocycles. The first-order chi connectivity index (χ1) is 11.5. The van der Waals surface area contributed by atoms with Crippen molar-refractivity contribution >= 4 is 23.3 Å². The molecule has 3 N–H and O–H groups in total. The van der Waals surface area contributed by atoms with E-state index in [9.17, 15) is 9.59 Å². The van der Waals surface area contributed by atoms with E-state index in [4.69, 9.17) is 0 Å². The largest absolute Gasteiger partial charge is 0.359 e. The molecule has 0 bridgehead atoms. The van der Waals surface area contributed by atoms with E-state index in [1.807, 2.05) is 0 Å². The lowest BCUT2D eigenvalue weighted by Crippen LogP contribution is -2.39. The molecule has 0 spiro atoms. The van der Waals surface area contributed by atoms with Gasteiger partial charge in [0.1, 0.15) is 5.69 Å². The zero-order chi connectivity index (χ0) is 17.1. The van der Waals surface area contributed by atoms with Crippen molar-refractivity contribution < 1.29 is 9.59 Å². The van der Waals surface area contributed by atoms with Crippen LogP contribution >= 0.6 is 0 Å². The van der Waals surface area contributed by atoms with Crippen molar-refractivity contribution in [3.8, 4) is 0 Å². The molecule has 1 aromatic rings. The maximum Gasteiger partial charge on any atom is 0.270 e. The Morgan fingerprint density at radius 3 is 2.75 bits per heavy atom. The van der Waals surface area contributed by atoms with Crippen LogP contribution in [0, 0.1) is 5.92 Å². The van der Waals surface area contributed by atoms with E-state index in [2.05, 4.69) is 39.9 Å². The molecule has 2 heterocycles. The monoisotopic (exact) mass is 331 g/mol. The van der Waals surface area contributed by atoms with Crippen LogP contribution in [0.25, 0.3) is 0 Å². The molecule has 3 rings (SSSR count). The van der Waals surface area contributed by atoms with Crippen molar-refractivity contribution in [2.45, 2.75) is 31.7 Å². The molecule has 24 heavy (non-hydrogen) atoms. The van der Waals surface area contributed by atoms with Gasteiger partial charge in [-0.25, -0.2) is 4.98 Å². The van der Waals surface area contributed by atoms with E-state index in [0.717, 1.165) is 38.1 Å². The van der Waals surface area contributed by atoms with Gasteiger partial charge in [-0.05, 0) is 57.8 Å². The summed E-state index contributed by atoms with van der Waals surface area (Å²) in [5.74, 6) is 1.03. The number of amides is 2. The van der Waals surface area contributed by atoms with Crippen LogP contribution in [0.15, 0.2) is 12.1 Å². The van der Waals surface area contributed by atoms with Gasteiger partial charge < -0.3 is 20.9 Å². The summed E-state index contributed by atoms with van der Waals surface area (Å²) in [7, 11) is 4.21. The Kier molecular flexibility index (Phi) is 4.99. The summed E-state index contributed by atoms with van der Waals surface area (Å²) in [6.07, 6.45) is 4.33. The fraction of sp³-hybridized carbons (Fsp3) is 0.588. The smallest absolute Gasteiger partial charge is 0.270 e. The van der Waals surface area contributed by atoms with Crippen molar-refractivity contribution in [1.82, 2.24) is 15.2 Å². The maximum absolute atomic E-state index is 12.4. The van der Waals surface area contributed by atoms with Crippen LogP contribution in [-0.4, -0.2) is 54.9 Å². The third-order valence-corrected chi connectivity index (χ3v) is 4.62. The van der Waals surface area contributed by atoms with Crippen LogP contribution < -0.4 is 16.0 Å². The molecule has 0 unspecified atom stereocenters. The number of anilines is 2. The van der Waals surface area contributed by atoms with Crippen molar-refractivity contribution in [2.75, 3.05) is 37.8 Å². The van der Waals surface area contributed by atoms with Gasteiger partial charge in [0.2, 0.25) is 5.91 Å². The van der Waals surface area contributed by atoms with Crippen LogP contribution in [0.1, 0.15) is 36.2 Å². The van der Waals surface area contributed by atoms with Crippen molar-refractivity contribution in [2.24, 2.45) is 5.92 Å². The lowest BCUT2D eigenvalue weighted by molar-refractivity contribution is -0.114. The second-order valence-corrected chi connectivity index (χ2v) is 6.95. The first-order valence-corrected chi connectivity index (χ1v) is 8.51. The third kappa shape index (κ3) is 4.03. The zero-order valence-electron chi connectivity index (χ0n) is 14.3. The molecular weight excluding hydrogens is 306 g/mol. The average Bonchev–Trinajstić information content (AvgIpc) is 2.55. The summed E-state index contributed by atoms with van der Waals surface area (Å²) in [5.41, 5.74) is 1.000. The van der Waals surface area contributed by atoms with Gasteiger partial charge in [0.15, 0.2) is 5.82 Å². The second kappa shape index (κ2) is 7.17. The Hall–Kier alpha value is -2.15. The first kappa shape index (κ1) is 16.7. The Balaban J connectivity index is 1.55. The predicted molar refractivity (Wildman–Crippen MR) is 93.1 cm³/mol. The molecule has 7 nitrogen and oxygen atoms in total. The van der Waals surface area contributed by atoms with Crippen LogP contribution in [0.3, 0.4) is 0 Å². The SMILES string of the molecule is CN(C)CC1CCC(NC(=O)c2ccc3c(n2)NCC(=O)N3)CC1. The molecule has 1 fully saturated rings.